The largest absolute Gasteiger partial charge is 0.461 e. The highest BCUT2D eigenvalue weighted by Crippen LogP contribution is 2.31. The molecule has 0 aliphatic carbocycles. The summed E-state index contributed by atoms with van der Waals surface area (Å²) in [6, 6.07) is -1.11. The van der Waals surface area contributed by atoms with E-state index in [9.17, 15) is 35.1 Å². The summed E-state index contributed by atoms with van der Waals surface area (Å²) in [6.45, 7) is 8.66. The molecule has 0 radical (unpaired) electrons. The molecule has 1 amide bonds. The second kappa shape index (κ2) is 14.3. The van der Waals surface area contributed by atoms with Gasteiger partial charge in [0, 0.05) is 7.11 Å². The summed E-state index contributed by atoms with van der Waals surface area (Å²) in [5, 5.41) is 54.5. The third-order valence-corrected chi connectivity index (χ3v) is 5.89. The number of carbonyl (C=O) groups excluding carboxylic acids is 2. The monoisotopic (exact) mass is 569 g/mol. The number of alkyl carbamates (subject to hydrolysis) is 1. The minimum absolute atomic E-state index is 0.354. The molecular formula is C24H43NO14. The lowest BCUT2D eigenvalue weighted by Gasteiger charge is -2.46. The Bertz CT molecular complexity index is 789. The second-order valence-corrected chi connectivity index (χ2v) is 10.7. The summed E-state index contributed by atoms with van der Waals surface area (Å²) in [6.07, 6.45) is -15.5. The molecule has 0 bridgehead atoms. The Morgan fingerprint density at radius 3 is 2.00 bits per heavy atom. The van der Waals surface area contributed by atoms with Crippen LogP contribution < -0.4 is 5.32 Å². The normalized spacial score (nSPS) is 36.3. The van der Waals surface area contributed by atoms with Crippen molar-refractivity contribution < 1.29 is 68.3 Å². The predicted molar refractivity (Wildman–Crippen MR) is 130 cm³/mol. The molecule has 0 aromatic heterocycles. The molecule has 2 fully saturated rings. The van der Waals surface area contributed by atoms with Crippen LogP contribution >= 0.6 is 0 Å². The maximum atomic E-state index is 12.5. The molecule has 2 heterocycles. The van der Waals surface area contributed by atoms with Gasteiger partial charge in [-0.2, -0.15) is 0 Å². The molecule has 2 rings (SSSR count). The van der Waals surface area contributed by atoms with Crippen LogP contribution in [-0.2, 0) is 38.0 Å². The number of aliphatic hydroxyl groups is 5. The molecule has 0 aromatic rings. The van der Waals surface area contributed by atoms with E-state index in [0.717, 1.165) is 0 Å². The van der Waals surface area contributed by atoms with Crippen molar-refractivity contribution in [3.63, 3.8) is 0 Å². The summed E-state index contributed by atoms with van der Waals surface area (Å²) in [7, 11) is 1.22. The van der Waals surface area contributed by atoms with Crippen molar-refractivity contribution in [3.8, 4) is 0 Å². The third-order valence-electron chi connectivity index (χ3n) is 5.89. The van der Waals surface area contributed by atoms with Crippen molar-refractivity contribution in [3.05, 3.63) is 0 Å². The van der Waals surface area contributed by atoms with Crippen molar-refractivity contribution in [1.29, 1.82) is 0 Å². The van der Waals surface area contributed by atoms with E-state index in [1.807, 2.05) is 0 Å². The minimum Gasteiger partial charge on any atom is -0.461 e. The smallest absolute Gasteiger partial charge is 0.408 e. The van der Waals surface area contributed by atoms with Gasteiger partial charge in [-0.3, -0.25) is 0 Å². The van der Waals surface area contributed by atoms with E-state index in [1.54, 1.807) is 34.6 Å². The molecular weight excluding hydrogens is 526 g/mol. The number of ether oxygens (including phenoxy) is 7. The van der Waals surface area contributed by atoms with Gasteiger partial charge in [-0.05, 0) is 41.5 Å². The third kappa shape index (κ3) is 9.18. The lowest BCUT2D eigenvalue weighted by molar-refractivity contribution is -0.360. The van der Waals surface area contributed by atoms with Crippen molar-refractivity contribution in [1.82, 2.24) is 5.32 Å². The zero-order valence-electron chi connectivity index (χ0n) is 23.3. The Kier molecular flexibility index (Phi) is 12.3. The molecule has 2 aliphatic heterocycles. The van der Waals surface area contributed by atoms with Crippen LogP contribution in [0.15, 0.2) is 0 Å². The van der Waals surface area contributed by atoms with Crippen LogP contribution in [0.1, 0.15) is 41.5 Å². The highest BCUT2D eigenvalue weighted by atomic mass is 16.7. The van der Waals surface area contributed by atoms with Crippen LogP contribution in [0.5, 0.6) is 0 Å². The first kappa shape index (κ1) is 33.5. The standard InChI is InChI=1S/C24H43NO14/c1-10(2)35-18-12(8-26)36-22(17(30)15(18)28)38-19-13(37-21(33-7)16(29)14(19)27)9-34-20(31)11(3)25-23(32)39-24(4,5)6/h10-19,21-22,26-30H,8-9H2,1-7H3,(H,25,32). The number of hydrogen-bond donors (Lipinski definition) is 6. The van der Waals surface area contributed by atoms with Gasteiger partial charge in [0.15, 0.2) is 12.6 Å². The average Bonchev–Trinajstić information content (AvgIpc) is 2.83. The van der Waals surface area contributed by atoms with Crippen LogP contribution in [0.25, 0.3) is 0 Å². The van der Waals surface area contributed by atoms with E-state index < -0.39 is 98.3 Å². The van der Waals surface area contributed by atoms with Gasteiger partial charge in [-0.25, -0.2) is 9.59 Å². The Labute approximate surface area is 227 Å². The van der Waals surface area contributed by atoms with Crippen molar-refractivity contribution in [2.45, 2.75) is 121 Å². The fourth-order valence-electron chi connectivity index (χ4n) is 4.04. The maximum absolute atomic E-state index is 12.5. The number of esters is 1. The topological polar surface area (TPSA) is 212 Å². The molecule has 6 N–H and O–H groups in total. The van der Waals surface area contributed by atoms with Gasteiger partial charge >= 0.3 is 12.1 Å². The van der Waals surface area contributed by atoms with Crippen LogP contribution in [0.2, 0.25) is 0 Å². The van der Waals surface area contributed by atoms with Gasteiger partial charge in [0.05, 0.1) is 12.7 Å². The van der Waals surface area contributed by atoms with Gasteiger partial charge < -0.3 is 64.0 Å². The first-order valence-corrected chi connectivity index (χ1v) is 12.7. The van der Waals surface area contributed by atoms with Gasteiger partial charge in [0.25, 0.3) is 0 Å². The van der Waals surface area contributed by atoms with Crippen molar-refractivity contribution in [2.75, 3.05) is 20.3 Å². The number of hydrogen-bond acceptors (Lipinski definition) is 14. The highest BCUT2D eigenvalue weighted by molar-refractivity contribution is 5.81. The quantitative estimate of drug-likeness (QED) is 0.160. The van der Waals surface area contributed by atoms with Crippen LogP contribution in [0, 0.1) is 0 Å². The van der Waals surface area contributed by atoms with E-state index in [4.69, 9.17) is 33.2 Å². The number of methoxy groups -OCH3 is 1. The number of carbonyl (C=O) groups is 2. The van der Waals surface area contributed by atoms with Gasteiger partial charge in [0.2, 0.25) is 0 Å². The van der Waals surface area contributed by atoms with E-state index >= 15 is 0 Å². The average molecular weight is 570 g/mol. The second-order valence-electron chi connectivity index (χ2n) is 10.7. The lowest BCUT2D eigenvalue weighted by atomic mass is 9.96. The molecule has 0 spiro atoms. The zero-order chi connectivity index (χ0) is 29.7. The zero-order valence-corrected chi connectivity index (χ0v) is 23.3. The van der Waals surface area contributed by atoms with E-state index in [-0.39, 0.29) is 6.10 Å². The fourth-order valence-corrected chi connectivity index (χ4v) is 4.04. The molecule has 2 aliphatic rings. The molecule has 11 atom stereocenters. The Morgan fingerprint density at radius 1 is 0.897 bits per heavy atom. The Hall–Kier alpha value is -1.66. The summed E-state index contributed by atoms with van der Waals surface area (Å²) < 4.78 is 37.9. The van der Waals surface area contributed by atoms with E-state index in [2.05, 4.69) is 5.32 Å². The molecule has 11 unspecified atom stereocenters. The van der Waals surface area contributed by atoms with Crippen LogP contribution in [-0.4, -0.2) is 137 Å². The van der Waals surface area contributed by atoms with Gasteiger partial charge in [0.1, 0.15) is 67.1 Å². The first-order chi connectivity index (χ1) is 18.1. The Balaban J connectivity index is 2.13. The Morgan fingerprint density at radius 2 is 1.46 bits per heavy atom. The summed E-state index contributed by atoms with van der Waals surface area (Å²) in [5.41, 5.74) is -0.782. The lowest BCUT2D eigenvalue weighted by Crippen LogP contribution is -2.65. The SMILES string of the molecule is COC1OC(COC(=O)C(C)NC(=O)OC(C)(C)C)C(OC2OC(CO)C(OC(C)C)C(O)C2O)C(O)C1O. The summed E-state index contributed by atoms with van der Waals surface area (Å²) in [5.74, 6) is -0.865. The molecule has 15 heteroatoms. The molecule has 0 aromatic carbocycles. The van der Waals surface area contributed by atoms with Gasteiger partial charge in [-0.1, -0.05) is 0 Å². The predicted octanol–water partition coefficient (Wildman–Crippen LogP) is -1.85. The molecule has 2 saturated heterocycles. The molecule has 0 saturated carbocycles. The number of rotatable bonds is 10. The summed E-state index contributed by atoms with van der Waals surface area (Å²) in [4.78, 5) is 24.5. The van der Waals surface area contributed by atoms with Crippen LogP contribution in [0.3, 0.4) is 0 Å². The molecule has 15 nitrogen and oxygen atoms in total. The van der Waals surface area contributed by atoms with Crippen molar-refractivity contribution in [2.24, 2.45) is 0 Å². The van der Waals surface area contributed by atoms with Crippen LogP contribution in [0.4, 0.5) is 4.79 Å². The molecule has 228 valence electrons. The number of aliphatic hydroxyl groups excluding tert-OH is 5. The highest BCUT2D eigenvalue weighted by Gasteiger charge is 2.51. The van der Waals surface area contributed by atoms with Crippen molar-refractivity contribution >= 4 is 12.1 Å². The number of amides is 1. The van der Waals surface area contributed by atoms with Gasteiger partial charge in [-0.15, -0.1) is 0 Å². The van der Waals surface area contributed by atoms with E-state index in [1.165, 1.54) is 14.0 Å². The van der Waals surface area contributed by atoms with E-state index in [0.29, 0.717) is 0 Å². The minimum atomic E-state index is -1.68. The molecule has 39 heavy (non-hydrogen) atoms. The fraction of sp³-hybridized carbons (Fsp3) is 0.917. The first-order valence-electron chi connectivity index (χ1n) is 12.7. The number of nitrogens with one attached hydrogen (secondary N) is 1. The maximum Gasteiger partial charge on any atom is 0.408 e. The summed E-state index contributed by atoms with van der Waals surface area (Å²) >= 11 is 0.